The smallest absolute Gasteiger partial charge is 0.322 e. The molecular formula is C14H8F5NO3S. The molecule has 0 heterocycles. The van der Waals surface area contributed by atoms with E-state index in [0.29, 0.717) is 12.1 Å². The number of carbonyl (C=O) groups is 1. The molecule has 0 radical (unpaired) electrons. The molecule has 0 spiro atoms. The summed E-state index contributed by atoms with van der Waals surface area (Å²) in [5.41, 5.74) is -5.70. The highest BCUT2D eigenvalue weighted by atomic mass is 32.2. The van der Waals surface area contributed by atoms with Crippen LogP contribution in [0, 0.1) is 11.6 Å². The van der Waals surface area contributed by atoms with Crippen LogP contribution in [0.3, 0.4) is 0 Å². The summed E-state index contributed by atoms with van der Waals surface area (Å²) in [4.78, 5) is 10.9. The molecule has 0 aliphatic heterocycles. The predicted molar refractivity (Wildman–Crippen MR) is 74.0 cm³/mol. The molecule has 0 aliphatic rings. The van der Waals surface area contributed by atoms with Crippen molar-refractivity contribution in [1.29, 1.82) is 0 Å². The van der Waals surface area contributed by atoms with Gasteiger partial charge in [-0.25, -0.2) is 17.2 Å². The number of benzene rings is 2. The molecule has 0 saturated heterocycles. The molecule has 2 aromatic carbocycles. The Bertz CT molecular complexity index is 876. The lowest BCUT2D eigenvalue weighted by atomic mass is 10.2. The second-order valence-electron chi connectivity index (χ2n) is 4.56. The van der Waals surface area contributed by atoms with Crippen LogP contribution >= 0.6 is 0 Å². The summed E-state index contributed by atoms with van der Waals surface area (Å²) in [6.07, 6.45) is 0. The molecule has 0 saturated carbocycles. The number of sulfone groups is 1. The Kier molecular flexibility index (Phi) is 4.61. The van der Waals surface area contributed by atoms with Gasteiger partial charge in [-0.3, -0.25) is 4.79 Å². The summed E-state index contributed by atoms with van der Waals surface area (Å²) in [6, 6.07) is 5.58. The maximum absolute atomic E-state index is 13.0. The highest BCUT2D eigenvalue weighted by Gasteiger charge is 2.46. The predicted octanol–water partition coefficient (Wildman–Crippen LogP) is 3.51. The van der Waals surface area contributed by atoms with Crippen molar-refractivity contribution in [1.82, 2.24) is 0 Å². The van der Waals surface area contributed by atoms with Crippen LogP contribution in [0.25, 0.3) is 0 Å². The molecule has 0 fully saturated rings. The van der Waals surface area contributed by atoms with E-state index in [1.165, 1.54) is 0 Å². The number of amides is 1. The molecule has 1 N–H and O–H groups in total. The number of nitrogens with one attached hydrogen (secondary N) is 1. The van der Waals surface area contributed by atoms with Crippen LogP contribution < -0.4 is 5.32 Å². The van der Waals surface area contributed by atoms with Gasteiger partial charge in [0.15, 0.2) is 11.6 Å². The molecule has 10 heteroatoms. The van der Waals surface area contributed by atoms with E-state index in [-0.39, 0.29) is 11.3 Å². The summed E-state index contributed by atoms with van der Waals surface area (Å²) >= 11 is 0. The van der Waals surface area contributed by atoms with Crippen LogP contribution in [-0.2, 0) is 9.84 Å². The van der Waals surface area contributed by atoms with Gasteiger partial charge in [0.05, 0.1) is 4.90 Å². The third-order valence-corrected chi connectivity index (χ3v) is 4.41. The summed E-state index contributed by atoms with van der Waals surface area (Å²) in [5.74, 6) is -3.15. The van der Waals surface area contributed by atoms with Gasteiger partial charge in [-0.1, -0.05) is 0 Å². The minimum atomic E-state index is -5.51. The van der Waals surface area contributed by atoms with Gasteiger partial charge in [-0.15, -0.1) is 0 Å². The number of hydrogen-bond donors (Lipinski definition) is 1. The lowest BCUT2D eigenvalue weighted by Crippen LogP contribution is -2.23. The normalized spacial score (nSPS) is 12.0. The maximum atomic E-state index is 13.0. The zero-order valence-corrected chi connectivity index (χ0v) is 12.4. The van der Waals surface area contributed by atoms with Crippen LogP contribution in [-0.4, -0.2) is 19.8 Å². The Balaban J connectivity index is 2.21. The van der Waals surface area contributed by atoms with Crippen molar-refractivity contribution in [3.05, 3.63) is 59.7 Å². The van der Waals surface area contributed by atoms with E-state index in [0.717, 1.165) is 30.3 Å². The molecule has 0 unspecified atom stereocenters. The largest absolute Gasteiger partial charge is 0.501 e. The number of hydrogen-bond acceptors (Lipinski definition) is 3. The van der Waals surface area contributed by atoms with Gasteiger partial charge in [0, 0.05) is 17.3 Å². The Labute approximate surface area is 132 Å². The molecule has 2 aromatic rings. The van der Waals surface area contributed by atoms with Crippen LogP contribution in [0.2, 0.25) is 0 Å². The van der Waals surface area contributed by atoms with Crippen molar-refractivity contribution < 1.29 is 35.2 Å². The van der Waals surface area contributed by atoms with Gasteiger partial charge >= 0.3 is 5.51 Å². The Morgan fingerprint density at radius 2 is 1.50 bits per heavy atom. The van der Waals surface area contributed by atoms with Crippen molar-refractivity contribution in [2.24, 2.45) is 0 Å². The standard InChI is InChI=1S/C14H8F5NO3S/c15-11-6-3-9(7-12(11)16)20-13(21)8-1-4-10(5-2-8)24(22,23)14(17,18)19/h1-7H,(H,20,21). The zero-order chi connectivity index (χ0) is 18.1. The quantitative estimate of drug-likeness (QED) is 0.847. The highest BCUT2D eigenvalue weighted by Crippen LogP contribution is 2.30. The Morgan fingerprint density at radius 3 is 2.00 bits per heavy atom. The molecule has 24 heavy (non-hydrogen) atoms. The van der Waals surface area contributed by atoms with Gasteiger partial charge in [-0.05, 0) is 36.4 Å². The number of halogens is 5. The second kappa shape index (κ2) is 6.19. The van der Waals surface area contributed by atoms with E-state index in [1.54, 1.807) is 0 Å². The third-order valence-electron chi connectivity index (χ3n) is 2.91. The SMILES string of the molecule is O=C(Nc1ccc(F)c(F)c1)c1ccc(S(=O)(=O)C(F)(F)F)cc1. The molecule has 2 rings (SSSR count). The average Bonchev–Trinajstić information content (AvgIpc) is 2.50. The van der Waals surface area contributed by atoms with Crippen LogP contribution in [0.1, 0.15) is 10.4 Å². The Morgan fingerprint density at radius 1 is 0.917 bits per heavy atom. The van der Waals surface area contributed by atoms with Crippen LogP contribution in [0.5, 0.6) is 0 Å². The monoisotopic (exact) mass is 365 g/mol. The topological polar surface area (TPSA) is 63.2 Å². The fourth-order valence-corrected chi connectivity index (χ4v) is 2.46. The number of anilines is 1. The maximum Gasteiger partial charge on any atom is 0.501 e. The van der Waals surface area contributed by atoms with Crippen molar-refractivity contribution in [3.63, 3.8) is 0 Å². The van der Waals surface area contributed by atoms with Gasteiger partial charge in [0.2, 0.25) is 0 Å². The Hall–Kier alpha value is -2.49. The molecule has 0 aromatic heterocycles. The summed E-state index contributed by atoms with van der Waals surface area (Å²) in [7, 11) is -5.51. The van der Waals surface area contributed by atoms with Crippen molar-refractivity contribution in [2.75, 3.05) is 5.32 Å². The first-order valence-electron chi connectivity index (χ1n) is 6.20. The highest BCUT2D eigenvalue weighted by molar-refractivity contribution is 7.92. The van der Waals surface area contributed by atoms with E-state index in [4.69, 9.17) is 0 Å². The molecule has 0 atom stereocenters. The fourth-order valence-electron chi connectivity index (χ4n) is 1.70. The summed E-state index contributed by atoms with van der Waals surface area (Å²) in [5, 5.41) is 2.20. The summed E-state index contributed by atoms with van der Waals surface area (Å²) < 4.78 is 85.4. The van der Waals surface area contributed by atoms with Crippen molar-refractivity contribution in [2.45, 2.75) is 10.4 Å². The number of carbonyl (C=O) groups excluding carboxylic acids is 1. The minimum absolute atomic E-state index is 0.0779. The van der Waals surface area contributed by atoms with E-state index in [2.05, 4.69) is 5.32 Å². The van der Waals surface area contributed by atoms with Gasteiger partial charge < -0.3 is 5.32 Å². The van der Waals surface area contributed by atoms with Crippen LogP contribution in [0.4, 0.5) is 27.6 Å². The molecule has 0 aliphatic carbocycles. The van der Waals surface area contributed by atoms with E-state index in [1.807, 2.05) is 0 Å². The second-order valence-corrected chi connectivity index (χ2v) is 6.50. The van der Waals surface area contributed by atoms with Crippen LogP contribution in [0.15, 0.2) is 47.4 Å². The molecular weight excluding hydrogens is 357 g/mol. The number of rotatable bonds is 3. The first-order valence-corrected chi connectivity index (χ1v) is 7.68. The first kappa shape index (κ1) is 17.9. The lowest BCUT2D eigenvalue weighted by Gasteiger charge is -2.09. The van der Waals surface area contributed by atoms with E-state index in [9.17, 15) is 35.2 Å². The molecule has 1 amide bonds. The zero-order valence-electron chi connectivity index (χ0n) is 11.6. The fraction of sp³-hybridized carbons (Fsp3) is 0.0714. The third kappa shape index (κ3) is 3.53. The van der Waals surface area contributed by atoms with E-state index >= 15 is 0 Å². The van der Waals surface area contributed by atoms with Gasteiger partial charge in [0.1, 0.15) is 0 Å². The van der Waals surface area contributed by atoms with Crippen molar-refractivity contribution >= 4 is 21.4 Å². The van der Waals surface area contributed by atoms with Gasteiger partial charge in [-0.2, -0.15) is 13.2 Å². The lowest BCUT2D eigenvalue weighted by molar-refractivity contribution is -0.0436. The van der Waals surface area contributed by atoms with Crippen molar-refractivity contribution in [3.8, 4) is 0 Å². The van der Waals surface area contributed by atoms with Gasteiger partial charge in [0.25, 0.3) is 15.7 Å². The number of alkyl halides is 3. The molecule has 4 nitrogen and oxygen atoms in total. The summed E-state index contributed by atoms with van der Waals surface area (Å²) in [6.45, 7) is 0. The average molecular weight is 365 g/mol. The van der Waals surface area contributed by atoms with E-state index < -0.39 is 37.8 Å². The minimum Gasteiger partial charge on any atom is -0.322 e. The molecule has 0 bridgehead atoms. The first-order chi connectivity index (χ1) is 11.0. The molecule has 128 valence electrons.